The Morgan fingerprint density at radius 2 is 1.30 bits per heavy atom. The average Bonchev–Trinajstić information content (AvgIpc) is 2.81. The Morgan fingerprint density at radius 3 is 1.87 bits per heavy atom. The molecule has 0 amide bonds. The Balaban J connectivity index is 1.53. The zero-order valence-electron chi connectivity index (χ0n) is 17.1. The SMILES string of the molecule is COc1ccc(/C=C/C(=O)/C=C/c2ccc(OCc3ccccc3OC)cc2)cc1. The summed E-state index contributed by atoms with van der Waals surface area (Å²) in [5.74, 6) is 2.26. The number of carbonyl (C=O) groups is 1. The van der Waals surface area contributed by atoms with Crippen LogP contribution in [0, 0.1) is 0 Å². The fraction of sp³-hybridized carbons (Fsp3) is 0.115. The first-order valence-electron chi connectivity index (χ1n) is 9.57. The Labute approximate surface area is 177 Å². The van der Waals surface area contributed by atoms with Crippen molar-refractivity contribution in [2.45, 2.75) is 6.61 Å². The lowest BCUT2D eigenvalue weighted by Crippen LogP contribution is -1.98. The summed E-state index contributed by atoms with van der Waals surface area (Å²) in [7, 11) is 3.27. The molecule has 3 aromatic carbocycles. The van der Waals surface area contributed by atoms with Crippen molar-refractivity contribution in [3.63, 3.8) is 0 Å². The van der Waals surface area contributed by atoms with Gasteiger partial charge in [-0.1, -0.05) is 54.6 Å². The predicted octanol–water partition coefficient (Wildman–Crippen LogP) is 5.58. The van der Waals surface area contributed by atoms with Crippen LogP contribution in [0.5, 0.6) is 17.2 Å². The van der Waals surface area contributed by atoms with Crippen molar-refractivity contribution in [2.75, 3.05) is 14.2 Å². The lowest BCUT2D eigenvalue weighted by atomic mass is 10.1. The highest BCUT2D eigenvalue weighted by atomic mass is 16.5. The fourth-order valence-electron chi connectivity index (χ4n) is 2.79. The molecule has 0 saturated heterocycles. The molecule has 0 heterocycles. The van der Waals surface area contributed by atoms with Crippen LogP contribution in [0.3, 0.4) is 0 Å². The summed E-state index contributed by atoms with van der Waals surface area (Å²) in [4.78, 5) is 12.1. The van der Waals surface area contributed by atoms with Crippen molar-refractivity contribution in [1.82, 2.24) is 0 Å². The number of hydrogen-bond donors (Lipinski definition) is 0. The van der Waals surface area contributed by atoms with E-state index in [1.807, 2.05) is 72.8 Å². The Hall–Kier alpha value is -3.79. The van der Waals surface area contributed by atoms with Crippen molar-refractivity contribution >= 4 is 17.9 Å². The molecule has 0 radical (unpaired) electrons. The smallest absolute Gasteiger partial charge is 0.178 e. The molecule has 0 fully saturated rings. The van der Waals surface area contributed by atoms with Crippen LogP contribution < -0.4 is 14.2 Å². The van der Waals surface area contributed by atoms with E-state index in [9.17, 15) is 4.79 Å². The molecule has 3 aromatic rings. The number of ether oxygens (including phenoxy) is 3. The molecular formula is C26H24O4. The standard InChI is InChI=1S/C26H24O4/c1-28-24-15-9-20(10-16-24)7-13-23(27)14-8-21-11-17-25(18-12-21)30-19-22-5-3-4-6-26(22)29-2/h3-18H,19H2,1-2H3/b13-7+,14-8+. The molecule has 152 valence electrons. The predicted molar refractivity (Wildman–Crippen MR) is 120 cm³/mol. The van der Waals surface area contributed by atoms with Crippen LogP contribution >= 0.6 is 0 Å². The van der Waals surface area contributed by atoms with Gasteiger partial charge in [-0.2, -0.15) is 0 Å². The molecule has 0 unspecified atom stereocenters. The highest BCUT2D eigenvalue weighted by Crippen LogP contribution is 2.21. The van der Waals surface area contributed by atoms with Gasteiger partial charge in [0.2, 0.25) is 0 Å². The van der Waals surface area contributed by atoms with Crippen LogP contribution in [0.15, 0.2) is 84.9 Å². The maximum atomic E-state index is 12.1. The van der Waals surface area contributed by atoms with Gasteiger partial charge in [-0.25, -0.2) is 0 Å². The number of para-hydroxylation sites is 1. The highest BCUT2D eigenvalue weighted by Gasteiger charge is 2.02. The first kappa shape index (κ1) is 20.9. The minimum absolute atomic E-state index is 0.0812. The molecule has 0 aliphatic heterocycles. The molecule has 0 saturated carbocycles. The van der Waals surface area contributed by atoms with Gasteiger partial charge >= 0.3 is 0 Å². The van der Waals surface area contributed by atoms with Crippen molar-refractivity contribution in [3.8, 4) is 17.2 Å². The van der Waals surface area contributed by atoms with E-state index >= 15 is 0 Å². The van der Waals surface area contributed by atoms with Gasteiger partial charge in [0.05, 0.1) is 14.2 Å². The van der Waals surface area contributed by atoms with E-state index in [0.717, 1.165) is 33.9 Å². The van der Waals surface area contributed by atoms with Crippen LogP contribution in [-0.4, -0.2) is 20.0 Å². The van der Waals surface area contributed by atoms with Crippen LogP contribution in [0.4, 0.5) is 0 Å². The summed E-state index contributed by atoms with van der Waals surface area (Å²) in [6.07, 6.45) is 6.65. The van der Waals surface area contributed by atoms with Gasteiger partial charge in [-0.05, 0) is 53.6 Å². The molecule has 0 bridgehead atoms. The summed E-state index contributed by atoms with van der Waals surface area (Å²) in [5.41, 5.74) is 2.85. The van der Waals surface area contributed by atoms with Crippen LogP contribution in [-0.2, 0) is 11.4 Å². The van der Waals surface area contributed by atoms with E-state index < -0.39 is 0 Å². The number of benzene rings is 3. The molecule has 0 aliphatic rings. The van der Waals surface area contributed by atoms with Gasteiger partial charge in [-0.3, -0.25) is 4.79 Å². The zero-order chi connectivity index (χ0) is 21.2. The molecule has 0 aliphatic carbocycles. The lowest BCUT2D eigenvalue weighted by molar-refractivity contribution is -0.110. The number of rotatable bonds is 9. The van der Waals surface area contributed by atoms with Gasteiger partial charge < -0.3 is 14.2 Å². The van der Waals surface area contributed by atoms with Crippen LogP contribution in [0.1, 0.15) is 16.7 Å². The minimum Gasteiger partial charge on any atom is -0.497 e. The van der Waals surface area contributed by atoms with E-state index in [-0.39, 0.29) is 5.78 Å². The van der Waals surface area contributed by atoms with Crippen LogP contribution in [0.2, 0.25) is 0 Å². The van der Waals surface area contributed by atoms with E-state index in [1.54, 1.807) is 38.5 Å². The molecule has 0 N–H and O–H groups in total. The van der Waals surface area contributed by atoms with Crippen molar-refractivity contribution in [3.05, 3.63) is 102 Å². The number of hydrogen-bond acceptors (Lipinski definition) is 4. The summed E-state index contributed by atoms with van der Waals surface area (Å²) in [5, 5.41) is 0. The second-order valence-electron chi connectivity index (χ2n) is 6.51. The molecule has 30 heavy (non-hydrogen) atoms. The Morgan fingerprint density at radius 1 is 0.733 bits per heavy atom. The van der Waals surface area contributed by atoms with Gasteiger partial charge in [0.15, 0.2) is 5.78 Å². The third-order valence-electron chi connectivity index (χ3n) is 4.46. The topological polar surface area (TPSA) is 44.8 Å². The first-order chi connectivity index (χ1) is 14.7. The molecule has 0 atom stereocenters. The second-order valence-corrected chi connectivity index (χ2v) is 6.51. The molecule has 4 nitrogen and oxygen atoms in total. The normalized spacial score (nSPS) is 11.0. The number of ketones is 1. The summed E-state index contributed by atoms with van der Waals surface area (Å²) >= 11 is 0. The maximum absolute atomic E-state index is 12.1. The third-order valence-corrected chi connectivity index (χ3v) is 4.46. The fourth-order valence-corrected chi connectivity index (χ4v) is 2.79. The van der Waals surface area contributed by atoms with E-state index in [2.05, 4.69) is 0 Å². The number of methoxy groups -OCH3 is 2. The second kappa shape index (κ2) is 10.7. The van der Waals surface area contributed by atoms with E-state index in [4.69, 9.17) is 14.2 Å². The van der Waals surface area contributed by atoms with E-state index in [0.29, 0.717) is 6.61 Å². The third kappa shape index (κ3) is 6.11. The quantitative estimate of drug-likeness (QED) is 0.440. The molecule has 0 aromatic heterocycles. The molecular weight excluding hydrogens is 376 g/mol. The van der Waals surface area contributed by atoms with Gasteiger partial charge in [0.25, 0.3) is 0 Å². The highest BCUT2D eigenvalue weighted by molar-refractivity contribution is 6.04. The van der Waals surface area contributed by atoms with Gasteiger partial charge in [0, 0.05) is 5.56 Å². The van der Waals surface area contributed by atoms with Gasteiger partial charge in [-0.15, -0.1) is 0 Å². The number of allylic oxidation sites excluding steroid dienone is 2. The monoisotopic (exact) mass is 400 g/mol. The molecule has 0 spiro atoms. The lowest BCUT2D eigenvalue weighted by Gasteiger charge is -2.10. The summed E-state index contributed by atoms with van der Waals surface area (Å²) in [6, 6.07) is 22.9. The van der Waals surface area contributed by atoms with E-state index in [1.165, 1.54) is 0 Å². The maximum Gasteiger partial charge on any atom is 0.178 e. The molecule has 3 rings (SSSR count). The summed E-state index contributed by atoms with van der Waals surface area (Å²) in [6.45, 7) is 0.424. The largest absolute Gasteiger partial charge is 0.497 e. The van der Waals surface area contributed by atoms with Crippen LogP contribution in [0.25, 0.3) is 12.2 Å². The molecule has 4 heteroatoms. The zero-order valence-corrected chi connectivity index (χ0v) is 17.1. The van der Waals surface area contributed by atoms with Crippen molar-refractivity contribution < 1.29 is 19.0 Å². The minimum atomic E-state index is -0.0812. The first-order valence-corrected chi connectivity index (χ1v) is 9.57. The number of carbonyl (C=O) groups excluding carboxylic acids is 1. The average molecular weight is 400 g/mol. The van der Waals surface area contributed by atoms with Crippen molar-refractivity contribution in [1.29, 1.82) is 0 Å². The summed E-state index contributed by atoms with van der Waals surface area (Å²) < 4.78 is 16.3. The van der Waals surface area contributed by atoms with Crippen molar-refractivity contribution in [2.24, 2.45) is 0 Å². The Kier molecular flexibility index (Phi) is 7.45. The van der Waals surface area contributed by atoms with Gasteiger partial charge in [0.1, 0.15) is 23.9 Å². The Bertz CT molecular complexity index is 1020.